The summed E-state index contributed by atoms with van der Waals surface area (Å²) >= 11 is 0. The summed E-state index contributed by atoms with van der Waals surface area (Å²) in [5, 5.41) is 3.28. The van der Waals surface area contributed by atoms with E-state index in [2.05, 4.69) is 11.4 Å². The van der Waals surface area contributed by atoms with Gasteiger partial charge in [0.1, 0.15) is 0 Å². The number of hydrogen-bond donors (Lipinski definition) is 1. The standard InChI is InChI=1S/C17H24N2O3/c1-21-15-4-3-12(11-16(15)22-2)13-9-14(10-13)17(20)19-7-5-18-6-8-19/h3-4,11,13-14,18H,5-10H2,1-2H3. The Morgan fingerprint density at radius 3 is 2.45 bits per heavy atom. The number of nitrogens with zero attached hydrogens (tertiary/aromatic N) is 1. The van der Waals surface area contributed by atoms with E-state index in [1.165, 1.54) is 5.56 Å². The molecule has 1 aliphatic heterocycles. The number of hydrogen-bond acceptors (Lipinski definition) is 4. The minimum Gasteiger partial charge on any atom is -0.493 e. The van der Waals surface area contributed by atoms with Crippen LogP contribution >= 0.6 is 0 Å². The zero-order valence-corrected chi connectivity index (χ0v) is 13.3. The van der Waals surface area contributed by atoms with Crippen LogP contribution in [0.5, 0.6) is 11.5 Å². The van der Waals surface area contributed by atoms with Gasteiger partial charge in [-0.25, -0.2) is 0 Å². The average Bonchev–Trinajstić information content (AvgIpc) is 2.54. The summed E-state index contributed by atoms with van der Waals surface area (Å²) in [6, 6.07) is 6.06. The smallest absolute Gasteiger partial charge is 0.225 e. The molecule has 5 heteroatoms. The summed E-state index contributed by atoms with van der Waals surface area (Å²) in [7, 11) is 3.29. The maximum Gasteiger partial charge on any atom is 0.225 e. The summed E-state index contributed by atoms with van der Waals surface area (Å²) in [6.45, 7) is 3.52. The molecule has 1 heterocycles. The van der Waals surface area contributed by atoms with Crippen LogP contribution in [0.3, 0.4) is 0 Å². The Kier molecular flexibility index (Phi) is 4.52. The molecule has 0 atom stereocenters. The van der Waals surface area contributed by atoms with Gasteiger partial charge in [-0.05, 0) is 36.5 Å². The van der Waals surface area contributed by atoms with Crippen LogP contribution in [0.25, 0.3) is 0 Å². The molecule has 0 bridgehead atoms. The van der Waals surface area contributed by atoms with Crippen LogP contribution in [0.1, 0.15) is 24.3 Å². The van der Waals surface area contributed by atoms with Gasteiger partial charge in [-0.2, -0.15) is 0 Å². The summed E-state index contributed by atoms with van der Waals surface area (Å²) in [5.74, 6) is 2.49. The topological polar surface area (TPSA) is 50.8 Å². The lowest BCUT2D eigenvalue weighted by molar-refractivity contribution is -0.139. The predicted octanol–water partition coefficient (Wildman–Crippen LogP) is 1.63. The molecule has 5 nitrogen and oxygen atoms in total. The van der Waals surface area contributed by atoms with E-state index in [0.717, 1.165) is 50.5 Å². The summed E-state index contributed by atoms with van der Waals surface area (Å²) in [6.07, 6.45) is 1.89. The van der Waals surface area contributed by atoms with E-state index in [1.807, 2.05) is 17.0 Å². The number of piperazine rings is 1. The highest BCUT2D eigenvalue weighted by Gasteiger charge is 2.38. The van der Waals surface area contributed by atoms with E-state index < -0.39 is 0 Å². The van der Waals surface area contributed by atoms with Gasteiger partial charge in [0, 0.05) is 32.1 Å². The fourth-order valence-corrected chi connectivity index (χ4v) is 3.34. The maximum atomic E-state index is 12.4. The van der Waals surface area contributed by atoms with Crippen LogP contribution in [0.15, 0.2) is 18.2 Å². The summed E-state index contributed by atoms with van der Waals surface area (Å²) < 4.78 is 10.6. The first-order chi connectivity index (χ1) is 10.7. The highest BCUT2D eigenvalue weighted by atomic mass is 16.5. The lowest BCUT2D eigenvalue weighted by Gasteiger charge is -2.39. The third kappa shape index (κ3) is 2.90. The Morgan fingerprint density at radius 1 is 1.14 bits per heavy atom. The highest BCUT2D eigenvalue weighted by Crippen LogP contribution is 2.44. The molecule has 0 radical (unpaired) electrons. The second kappa shape index (κ2) is 6.57. The van der Waals surface area contributed by atoms with Crippen molar-refractivity contribution in [1.82, 2.24) is 10.2 Å². The van der Waals surface area contributed by atoms with Crippen molar-refractivity contribution >= 4 is 5.91 Å². The zero-order valence-electron chi connectivity index (χ0n) is 13.3. The second-order valence-corrected chi connectivity index (χ2v) is 6.05. The molecule has 120 valence electrons. The molecule has 0 spiro atoms. The normalized spacial score (nSPS) is 24.5. The third-order valence-corrected chi connectivity index (χ3v) is 4.79. The average molecular weight is 304 g/mol. The van der Waals surface area contributed by atoms with Crippen LogP contribution in [-0.2, 0) is 4.79 Å². The number of rotatable bonds is 4. The first-order valence-corrected chi connectivity index (χ1v) is 7.94. The van der Waals surface area contributed by atoms with Crippen molar-refractivity contribution in [3.8, 4) is 11.5 Å². The van der Waals surface area contributed by atoms with Crippen molar-refractivity contribution in [3.63, 3.8) is 0 Å². The van der Waals surface area contributed by atoms with Gasteiger partial charge in [-0.3, -0.25) is 4.79 Å². The van der Waals surface area contributed by atoms with Gasteiger partial charge < -0.3 is 19.7 Å². The molecule has 1 saturated carbocycles. The number of benzene rings is 1. The molecule has 3 rings (SSSR count). The quantitative estimate of drug-likeness (QED) is 0.918. The molecule has 0 unspecified atom stereocenters. The fourth-order valence-electron chi connectivity index (χ4n) is 3.34. The van der Waals surface area contributed by atoms with Crippen molar-refractivity contribution in [2.45, 2.75) is 18.8 Å². The van der Waals surface area contributed by atoms with E-state index >= 15 is 0 Å². The van der Waals surface area contributed by atoms with E-state index in [-0.39, 0.29) is 5.92 Å². The van der Waals surface area contributed by atoms with Crippen LogP contribution in [0.2, 0.25) is 0 Å². The summed E-state index contributed by atoms with van der Waals surface area (Å²) in [4.78, 5) is 14.4. The van der Waals surface area contributed by atoms with E-state index in [4.69, 9.17) is 9.47 Å². The third-order valence-electron chi connectivity index (χ3n) is 4.79. The Balaban J connectivity index is 1.59. The SMILES string of the molecule is COc1ccc(C2CC(C(=O)N3CCNCC3)C2)cc1OC. The Labute approximate surface area is 131 Å². The van der Waals surface area contributed by atoms with Gasteiger partial charge in [0.05, 0.1) is 14.2 Å². The zero-order chi connectivity index (χ0) is 15.5. The van der Waals surface area contributed by atoms with Crippen molar-refractivity contribution in [2.24, 2.45) is 5.92 Å². The van der Waals surface area contributed by atoms with Crippen molar-refractivity contribution in [3.05, 3.63) is 23.8 Å². The molecule has 0 aromatic heterocycles. The molecule has 2 fully saturated rings. The molecule has 2 aliphatic rings. The molecule has 1 N–H and O–H groups in total. The number of nitrogens with one attached hydrogen (secondary N) is 1. The Bertz CT molecular complexity index is 535. The molecule has 1 aliphatic carbocycles. The van der Waals surface area contributed by atoms with Crippen molar-refractivity contribution in [2.75, 3.05) is 40.4 Å². The highest BCUT2D eigenvalue weighted by molar-refractivity contribution is 5.80. The van der Waals surface area contributed by atoms with Gasteiger partial charge >= 0.3 is 0 Å². The second-order valence-electron chi connectivity index (χ2n) is 6.05. The van der Waals surface area contributed by atoms with E-state index in [0.29, 0.717) is 11.8 Å². The first-order valence-electron chi connectivity index (χ1n) is 7.94. The molecule has 1 saturated heterocycles. The Morgan fingerprint density at radius 2 is 1.82 bits per heavy atom. The summed E-state index contributed by atoms with van der Waals surface area (Å²) in [5.41, 5.74) is 1.24. The first kappa shape index (κ1) is 15.2. The minimum absolute atomic E-state index is 0.191. The van der Waals surface area contributed by atoms with Gasteiger partial charge in [0.15, 0.2) is 11.5 Å². The van der Waals surface area contributed by atoms with Gasteiger partial charge in [-0.15, -0.1) is 0 Å². The lowest BCUT2D eigenvalue weighted by atomic mass is 9.70. The van der Waals surface area contributed by atoms with Crippen LogP contribution in [0.4, 0.5) is 0 Å². The van der Waals surface area contributed by atoms with Crippen LogP contribution < -0.4 is 14.8 Å². The molecule has 1 aromatic rings. The predicted molar refractivity (Wildman–Crippen MR) is 84.5 cm³/mol. The maximum absolute atomic E-state index is 12.4. The number of amides is 1. The largest absolute Gasteiger partial charge is 0.493 e. The van der Waals surface area contributed by atoms with E-state index in [9.17, 15) is 4.79 Å². The monoisotopic (exact) mass is 304 g/mol. The lowest BCUT2D eigenvalue weighted by Crippen LogP contribution is -2.50. The van der Waals surface area contributed by atoms with Crippen molar-refractivity contribution in [1.29, 1.82) is 0 Å². The van der Waals surface area contributed by atoms with Gasteiger partial charge in [0.25, 0.3) is 0 Å². The Hall–Kier alpha value is -1.75. The number of ether oxygens (including phenoxy) is 2. The molecular formula is C17H24N2O3. The van der Waals surface area contributed by atoms with E-state index in [1.54, 1.807) is 14.2 Å². The number of carbonyl (C=O) groups is 1. The van der Waals surface area contributed by atoms with Crippen molar-refractivity contribution < 1.29 is 14.3 Å². The molecule has 1 aromatic carbocycles. The minimum atomic E-state index is 0.191. The number of carbonyl (C=O) groups excluding carboxylic acids is 1. The molecule has 1 amide bonds. The molecular weight excluding hydrogens is 280 g/mol. The van der Waals surface area contributed by atoms with Crippen LogP contribution in [-0.4, -0.2) is 51.2 Å². The van der Waals surface area contributed by atoms with Crippen LogP contribution in [0, 0.1) is 5.92 Å². The molecule has 22 heavy (non-hydrogen) atoms. The fraction of sp³-hybridized carbons (Fsp3) is 0.588. The van der Waals surface area contributed by atoms with Gasteiger partial charge in [0.2, 0.25) is 5.91 Å². The number of methoxy groups -OCH3 is 2. The van der Waals surface area contributed by atoms with Gasteiger partial charge in [-0.1, -0.05) is 6.07 Å².